The second-order valence-electron chi connectivity index (χ2n) is 5.71. The number of rotatable bonds is 4. The lowest BCUT2D eigenvalue weighted by Gasteiger charge is -2.05. The van der Waals surface area contributed by atoms with Gasteiger partial charge >= 0.3 is 0 Å². The summed E-state index contributed by atoms with van der Waals surface area (Å²) in [5, 5.41) is 8.92. The van der Waals surface area contributed by atoms with Crippen LogP contribution in [0.15, 0.2) is 76.5 Å². The summed E-state index contributed by atoms with van der Waals surface area (Å²) < 4.78 is 51.9. The zero-order valence-corrected chi connectivity index (χ0v) is 14.7. The normalized spacial score (nSPS) is 11.4. The number of hydrogen-bond donors (Lipinski definition) is 0. The second-order valence-corrected chi connectivity index (χ2v) is 7.66. The van der Waals surface area contributed by atoms with Gasteiger partial charge in [0.15, 0.2) is 0 Å². The SMILES string of the molecule is N#Cc1cccc(S(=O)(=O)c2ccc(/C=C\c3ccc(F)cc3F)cc2)c1. The molecular weight excluding hydrogens is 368 g/mol. The smallest absolute Gasteiger partial charge is 0.206 e. The van der Waals surface area contributed by atoms with Crippen LogP contribution in [-0.2, 0) is 9.84 Å². The van der Waals surface area contributed by atoms with E-state index in [0.717, 1.165) is 12.1 Å². The Labute approximate surface area is 155 Å². The van der Waals surface area contributed by atoms with Crippen LogP contribution in [0.1, 0.15) is 16.7 Å². The Bertz CT molecular complexity index is 1160. The van der Waals surface area contributed by atoms with E-state index in [4.69, 9.17) is 5.26 Å². The second kappa shape index (κ2) is 7.52. The van der Waals surface area contributed by atoms with Crippen LogP contribution in [0.4, 0.5) is 8.78 Å². The highest BCUT2D eigenvalue weighted by atomic mass is 32.2. The first kappa shape index (κ1) is 18.5. The molecule has 3 rings (SSSR count). The van der Waals surface area contributed by atoms with E-state index in [0.29, 0.717) is 5.56 Å². The van der Waals surface area contributed by atoms with Crippen molar-refractivity contribution in [1.82, 2.24) is 0 Å². The molecule has 0 heterocycles. The summed E-state index contributed by atoms with van der Waals surface area (Å²) in [6.45, 7) is 0. The molecule has 0 unspecified atom stereocenters. The molecule has 0 atom stereocenters. The Balaban J connectivity index is 1.86. The largest absolute Gasteiger partial charge is 0.219 e. The predicted octanol–water partition coefficient (Wildman–Crippen LogP) is 4.84. The molecule has 0 fully saturated rings. The van der Waals surface area contributed by atoms with Crippen LogP contribution < -0.4 is 0 Å². The number of nitrogens with zero attached hydrogens (tertiary/aromatic N) is 1. The molecule has 134 valence electrons. The first-order chi connectivity index (χ1) is 12.9. The van der Waals surface area contributed by atoms with Gasteiger partial charge in [0.05, 0.1) is 21.4 Å². The molecule has 3 aromatic rings. The molecule has 0 spiro atoms. The van der Waals surface area contributed by atoms with Gasteiger partial charge in [-0.05, 0) is 48.0 Å². The zero-order chi connectivity index (χ0) is 19.4. The van der Waals surface area contributed by atoms with Gasteiger partial charge in [0, 0.05) is 11.6 Å². The van der Waals surface area contributed by atoms with E-state index >= 15 is 0 Å². The first-order valence-electron chi connectivity index (χ1n) is 7.88. The van der Waals surface area contributed by atoms with Crippen molar-refractivity contribution in [2.24, 2.45) is 0 Å². The lowest BCUT2D eigenvalue weighted by atomic mass is 10.1. The van der Waals surface area contributed by atoms with Crippen molar-refractivity contribution in [3.8, 4) is 6.07 Å². The summed E-state index contributed by atoms with van der Waals surface area (Å²) in [5.41, 5.74) is 1.14. The third-order valence-electron chi connectivity index (χ3n) is 3.88. The average molecular weight is 381 g/mol. The molecule has 6 heteroatoms. The van der Waals surface area contributed by atoms with E-state index in [1.807, 2.05) is 6.07 Å². The summed E-state index contributed by atoms with van der Waals surface area (Å²) in [6.07, 6.45) is 3.08. The lowest BCUT2D eigenvalue weighted by molar-refractivity contribution is 0.581. The topological polar surface area (TPSA) is 57.9 Å². The van der Waals surface area contributed by atoms with Gasteiger partial charge in [0.25, 0.3) is 0 Å². The molecule has 0 radical (unpaired) electrons. The Morgan fingerprint density at radius 2 is 1.59 bits per heavy atom. The molecule has 0 aliphatic carbocycles. The number of hydrogen-bond acceptors (Lipinski definition) is 3. The lowest BCUT2D eigenvalue weighted by Crippen LogP contribution is -2.02. The van der Waals surface area contributed by atoms with E-state index in [-0.39, 0.29) is 20.9 Å². The molecule has 0 aromatic heterocycles. The van der Waals surface area contributed by atoms with E-state index < -0.39 is 21.5 Å². The molecule has 0 saturated heterocycles. The van der Waals surface area contributed by atoms with E-state index in [1.54, 1.807) is 18.2 Å². The maximum absolute atomic E-state index is 13.6. The molecule has 0 saturated carbocycles. The number of halogens is 2. The first-order valence-corrected chi connectivity index (χ1v) is 9.37. The fraction of sp³-hybridized carbons (Fsp3) is 0. The van der Waals surface area contributed by atoms with Crippen LogP contribution in [0.5, 0.6) is 0 Å². The standard InChI is InChI=1S/C21H13F2NO2S/c22-18-9-8-17(21(23)13-18)7-4-15-5-10-19(11-6-15)27(25,26)20-3-1-2-16(12-20)14-24/h1-13H/b7-4-. The number of benzene rings is 3. The van der Waals surface area contributed by atoms with Crippen molar-refractivity contribution in [3.05, 3.63) is 95.1 Å². The molecular formula is C21H13F2NO2S. The third kappa shape index (κ3) is 4.10. The third-order valence-corrected chi connectivity index (χ3v) is 5.65. The summed E-state index contributed by atoms with van der Waals surface area (Å²) in [6, 6.07) is 17.0. The van der Waals surface area contributed by atoms with Crippen LogP contribution in [0.2, 0.25) is 0 Å². The highest BCUT2D eigenvalue weighted by Crippen LogP contribution is 2.22. The Morgan fingerprint density at radius 1 is 0.852 bits per heavy atom. The molecule has 3 aromatic carbocycles. The minimum absolute atomic E-state index is 0.0400. The van der Waals surface area contributed by atoms with E-state index in [1.165, 1.54) is 48.5 Å². The van der Waals surface area contributed by atoms with Gasteiger partial charge < -0.3 is 0 Å². The number of nitriles is 1. The van der Waals surface area contributed by atoms with Gasteiger partial charge in [-0.1, -0.05) is 30.4 Å². The van der Waals surface area contributed by atoms with Gasteiger partial charge in [-0.2, -0.15) is 5.26 Å². The molecule has 0 bridgehead atoms. The van der Waals surface area contributed by atoms with E-state index in [2.05, 4.69) is 0 Å². The van der Waals surface area contributed by atoms with Crippen LogP contribution >= 0.6 is 0 Å². The fourth-order valence-electron chi connectivity index (χ4n) is 2.45. The minimum atomic E-state index is -3.74. The molecule has 0 amide bonds. The molecule has 3 nitrogen and oxygen atoms in total. The molecule has 0 aliphatic heterocycles. The highest BCUT2D eigenvalue weighted by molar-refractivity contribution is 7.91. The monoisotopic (exact) mass is 381 g/mol. The van der Waals surface area contributed by atoms with Crippen molar-refractivity contribution in [2.45, 2.75) is 9.79 Å². The van der Waals surface area contributed by atoms with E-state index in [9.17, 15) is 17.2 Å². The molecule has 27 heavy (non-hydrogen) atoms. The maximum Gasteiger partial charge on any atom is 0.206 e. The zero-order valence-electron chi connectivity index (χ0n) is 13.9. The van der Waals surface area contributed by atoms with Crippen molar-refractivity contribution in [2.75, 3.05) is 0 Å². The summed E-state index contributed by atoms with van der Waals surface area (Å²) in [5.74, 6) is -1.33. The Morgan fingerprint density at radius 3 is 2.26 bits per heavy atom. The van der Waals surface area contributed by atoms with Crippen molar-refractivity contribution in [1.29, 1.82) is 5.26 Å². The van der Waals surface area contributed by atoms with Crippen molar-refractivity contribution in [3.63, 3.8) is 0 Å². The quantitative estimate of drug-likeness (QED) is 0.608. The van der Waals surface area contributed by atoms with Crippen molar-refractivity contribution < 1.29 is 17.2 Å². The predicted molar refractivity (Wildman–Crippen MR) is 98.3 cm³/mol. The van der Waals surface area contributed by atoms with Gasteiger partial charge in [-0.25, -0.2) is 17.2 Å². The number of sulfone groups is 1. The Kier molecular flexibility index (Phi) is 5.15. The van der Waals surface area contributed by atoms with Crippen LogP contribution in [0, 0.1) is 23.0 Å². The average Bonchev–Trinajstić information content (AvgIpc) is 2.67. The molecule has 0 N–H and O–H groups in total. The van der Waals surface area contributed by atoms with Gasteiger partial charge in [0.2, 0.25) is 9.84 Å². The minimum Gasteiger partial charge on any atom is -0.219 e. The fourth-order valence-corrected chi connectivity index (χ4v) is 3.76. The molecule has 0 aliphatic rings. The van der Waals surface area contributed by atoms with Crippen molar-refractivity contribution >= 4 is 22.0 Å². The highest BCUT2D eigenvalue weighted by Gasteiger charge is 2.17. The van der Waals surface area contributed by atoms with Crippen LogP contribution in [0.3, 0.4) is 0 Å². The van der Waals surface area contributed by atoms with Crippen LogP contribution in [-0.4, -0.2) is 8.42 Å². The van der Waals surface area contributed by atoms with Gasteiger partial charge in [0.1, 0.15) is 11.6 Å². The maximum atomic E-state index is 13.6. The van der Waals surface area contributed by atoms with Gasteiger partial charge in [-0.3, -0.25) is 0 Å². The summed E-state index contributed by atoms with van der Waals surface area (Å²) >= 11 is 0. The van der Waals surface area contributed by atoms with Crippen LogP contribution in [0.25, 0.3) is 12.2 Å². The Hall–Kier alpha value is -3.30. The summed E-state index contributed by atoms with van der Waals surface area (Å²) in [7, 11) is -3.74. The summed E-state index contributed by atoms with van der Waals surface area (Å²) in [4.78, 5) is 0.126. The van der Waals surface area contributed by atoms with Gasteiger partial charge in [-0.15, -0.1) is 0 Å².